The number of hydrogen-bond donors (Lipinski definition) is 2. The number of unbranched alkanes of at least 4 members (excludes halogenated alkanes) is 1. The van der Waals surface area contributed by atoms with E-state index in [2.05, 4.69) is 19.2 Å². The molecule has 0 saturated heterocycles. The molecule has 1 aliphatic rings. The summed E-state index contributed by atoms with van der Waals surface area (Å²) in [5.74, 6) is 1.65. The van der Waals surface area contributed by atoms with Crippen molar-refractivity contribution in [3.63, 3.8) is 0 Å². The summed E-state index contributed by atoms with van der Waals surface area (Å²) in [6.07, 6.45) is 8.12. The predicted octanol–water partition coefficient (Wildman–Crippen LogP) is 1.86. The molecular weight excluding hydrogens is 228 g/mol. The van der Waals surface area contributed by atoms with E-state index in [4.69, 9.17) is 5.73 Å². The van der Waals surface area contributed by atoms with E-state index in [0.29, 0.717) is 0 Å². The van der Waals surface area contributed by atoms with Gasteiger partial charge in [-0.3, -0.25) is 0 Å². The molecule has 114 valence electrons. The van der Waals surface area contributed by atoms with Gasteiger partial charge in [-0.1, -0.05) is 47.0 Å². The Bertz CT molecular complexity index is 149. The molecule has 0 aromatic rings. The number of nitrogens with two attached hydrogens (primary N) is 1. The van der Waals surface area contributed by atoms with Gasteiger partial charge in [0.05, 0.1) is 6.17 Å². The van der Waals surface area contributed by atoms with Crippen molar-refractivity contribution in [2.45, 2.75) is 72.4 Å². The largest absolute Gasteiger partial charge is 0.412 e. The molecule has 0 amide bonds. The van der Waals surface area contributed by atoms with Gasteiger partial charge in [-0.2, -0.15) is 0 Å². The highest BCUT2D eigenvalue weighted by Crippen LogP contribution is 2.29. The Morgan fingerprint density at radius 1 is 1.11 bits per heavy atom. The highest BCUT2D eigenvalue weighted by atomic mass is 16.0. The first-order valence-corrected chi connectivity index (χ1v) is 7.23. The Morgan fingerprint density at radius 3 is 2.06 bits per heavy atom. The van der Waals surface area contributed by atoms with Crippen LogP contribution in [0.4, 0.5) is 0 Å². The summed E-state index contributed by atoms with van der Waals surface area (Å²) < 4.78 is 0. The summed E-state index contributed by atoms with van der Waals surface area (Å²) in [5.41, 5.74) is 6.12. The second kappa shape index (κ2) is 14.9. The highest BCUT2D eigenvalue weighted by molar-refractivity contribution is 4.77. The minimum atomic E-state index is 0. The Morgan fingerprint density at radius 2 is 1.61 bits per heavy atom. The fraction of sp³-hybridized carbons (Fsp3) is 1.00. The molecule has 4 heteroatoms. The lowest BCUT2D eigenvalue weighted by Crippen LogP contribution is -2.45. The zero-order chi connectivity index (χ0) is 12.4. The molecule has 0 heterocycles. The van der Waals surface area contributed by atoms with Crippen LogP contribution in [-0.2, 0) is 0 Å². The molecule has 0 aliphatic heterocycles. The first-order valence-electron chi connectivity index (χ1n) is 7.23. The first-order chi connectivity index (χ1) is 7.74. The molecule has 0 bridgehead atoms. The smallest absolute Gasteiger partial charge is 0.0575 e. The van der Waals surface area contributed by atoms with Gasteiger partial charge in [-0.25, -0.2) is 0 Å². The van der Waals surface area contributed by atoms with E-state index >= 15 is 0 Å². The number of hydrogen-bond acceptors (Lipinski definition) is 2. The second-order valence-corrected chi connectivity index (χ2v) is 4.85. The molecule has 1 atom stereocenters. The zero-order valence-corrected chi connectivity index (χ0v) is 12.8. The van der Waals surface area contributed by atoms with E-state index < -0.39 is 0 Å². The standard InChI is InChI=1S/C12H26N2.C2H6.2H2O/c1-3-4-9-14-12(13)11-7-5-10(2)6-8-11;1-2;;/h10-12,14H,3-9,13H2,1-2H3;1-2H3;2*1H2. The monoisotopic (exact) mass is 264 g/mol. The summed E-state index contributed by atoms with van der Waals surface area (Å²) in [6.45, 7) is 9.66. The van der Waals surface area contributed by atoms with Crippen LogP contribution in [-0.4, -0.2) is 23.7 Å². The van der Waals surface area contributed by atoms with Crippen LogP contribution in [0.25, 0.3) is 0 Å². The second-order valence-electron chi connectivity index (χ2n) is 4.85. The van der Waals surface area contributed by atoms with E-state index in [1.54, 1.807) is 0 Å². The van der Waals surface area contributed by atoms with Gasteiger partial charge < -0.3 is 22.0 Å². The molecule has 18 heavy (non-hydrogen) atoms. The SMILES string of the molecule is CC.CCCCNC(N)C1CCC(C)CC1.O.O. The zero-order valence-electron chi connectivity index (χ0n) is 12.8. The number of nitrogens with one attached hydrogen (secondary N) is 1. The Kier molecular flexibility index (Phi) is 19.0. The van der Waals surface area contributed by atoms with Crippen molar-refractivity contribution in [2.75, 3.05) is 6.54 Å². The predicted molar refractivity (Wildman–Crippen MR) is 80.6 cm³/mol. The fourth-order valence-electron chi connectivity index (χ4n) is 2.26. The average molecular weight is 264 g/mol. The van der Waals surface area contributed by atoms with Gasteiger partial charge in [-0.05, 0) is 37.6 Å². The fourth-order valence-corrected chi connectivity index (χ4v) is 2.26. The van der Waals surface area contributed by atoms with Crippen molar-refractivity contribution in [3.8, 4) is 0 Å². The normalized spacial score (nSPS) is 23.8. The van der Waals surface area contributed by atoms with Crippen LogP contribution in [0.1, 0.15) is 66.2 Å². The van der Waals surface area contributed by atoms with Gasteiger partial charge in [0.2, 0.25) is 0 Å². The molecule has 0 spiro atoms. The maximum absolute atomic E-state index is 6.12. The van der Waals surface area contributed by atoms with Crippen LogP contribution in [0.15, 0.2) is 0 Å². The lowest BCUT2D eigenvalue weighted by molar-refractivity contribution is 0.232. The van der Waals surface area contributed by atoms with Crippen molar-refractivity contribution in [1.82, 2.24) is 5.32 Å². The van der Waals surface area contributed by atoms with Crippen LogP contribution in [0.2, 0.25) is 0 Å². The third-order valence-electron chi connectivity index (χ3n) is 3.48. The molecule has 1 saturated carbocycles. The third kappa shape index (κ3) is 9.83. The average Bonchev–Trinajstić information content (AvgIpc) is 2.33. The Labute approximate surface area is 113 Å². The Balaban J connectivity index is -0.000000534. The molecular formula is C14H36N2O2. The molecule has 1 unspecified atom stereocenters. The molecule has 0 radical (unpaired) electrons. The topological polar surface area (TPSA) is 101 Å². The lowest BCUT2D eigenvalue weighted by atomic mass is 9.81. The van der Waals surface area contributed by atoms with Crippen molar-refractivity contribution in [1.29, 1.82) is 0 Å². The van der Waals surface area contributed by atoms with E-state index in [1.807, 2.05) is 13.8 Å². The van der Waals surface area contributed by atoms with Crippen molar-refractivity contribution >= 4 is 0 Å². The van der Waals surface area contributed by atoms with Gasteiger partial charge in [-0.15, -0.1) is 0 Å². The molecule has 1 aliphatic carbocycles. The van der Waals surface area contributed by atoms with E-state index in [-0.39, 0.29) is 17.1 Å². The van der Waals surface area contributed by atoms with Gasteiger partial charge in [0.25, 0.3) is 0 Å². The summed E-state index contributed by atoms with van der Waals surface area (Å²) >= 11 is 0. The third-order valence-corrected chi connectivity index (χ3v) is 3.48. The van der Waals surface area contributed by atoms with Crippen LogP contribution in [0, 0.1) is 11.8 Å². The molecule has 0 aromatic carbocycles. The van der Waals surface area contributed by atoms with Crippen molar-refractivity contribution in [3.05, 3.63) is 0 Å². The first kappa shape index (κ1) is 23.0. The van der Waals surface area contributed by atoms with Gasteiger partial charge in [0, 0.05) is 0 Å². The lowest BCUT2D eigenvalue weighted by Gasteiger charge is -2.31. The summed E-state index contributed by atoms with van der Waals surface area (Å²) in [5, 5.41) is 3.45. The minimum Gasteiger partial charge on any atom is -0.412 e. The maximum atomic E-state index is 6.12. The van der Waals surface area contributed by atoms with Crippen molar-refractivity contribution < 1.29 is 11.0 Å². The van der Waals surface area contributed by atoms with Gasteiger partial charge >= 0.3 is 0 Å². The summed E-state index contributed by atoms with van der Waals surface area (Å²) in [7, 11) is 0. The van der Waals surface area contributed by atoms with E-state index in [9.17, 15) is 0 Å². The van der Waals surface area contributed by atoms with Crippen LogP contribution >= 0.6 is 0 Å². The van der Waals surface area contributed by atoms with E-state index in [1.165, 1.54) is 38.5 Å². The van der Waals surface area contributed by atoms with Gasteiger partial charge in [0.15, 0.2) is 0 Å². The van der Waals surface area contributed by atoms with Gasteiger partial charge in [0.1, 0.15) is 0 Å². The number of rotatable bonds is 5. The highest BCUT2D eigenvalue weighted by Gasteiger charge is 2.22. The molecule has 7 N–H and O–H groups in total. The van der Waals surface area contributed by atoms with Crippen LogP contribution in [0.3, 0.4) is 0 Å². The molecule has 4 nitrogen and oxygen atoms in total. The Hall–Kier alpha value is -0.160. The minimum absolute atomic E-state index is 0. The van der Waals surface area contributed by atoms with E-state index in [0.717, 1.165) is 18.4 Å². The van der Waals surface area contributed by atoms with Crippen LogP contribution < -0.4 is 11.1 Å². The molecule has 0 aromatic heterocycles. The molecule has 1 rings (SSSR count). The maximum Gasteiger partial charge on any atom is 0.0575 e. The summed E-state index contributed by atoms with van der Waals surface area (Å²) in [4.78, 5) is 0. The molecule has 1 fully saturated rings. The quantitative estimate of drug-likeness (QED) is 0.585. The summed E-state index contributed by atoms with van der Waals surface area (Å²) in [6, 6.07) is 0. The van der Waals surface area contributed by atoms with Crippen molar-refractivity contribution in [2.24, 2.45) is 17.6 Å². The van der Waals surface area contributed by atoms with Crippen LogP contribution in [0.5, 0.6) is 0 Å².